The van der Waals surface area contributed by atoms with E-state index in [0.29, 0.717) is 22.8 Å². The minimum absolute atomic E-state index is 0. The monoisotopic (exact) mass is 417 g/mol. The third-order valence-corrected chi connectivity index (χ3v) is 4.33. The molecule has 0 saturated heterocycles. The first-order valence-corrected chi connectivity index (χ1v) is 8.54. The van der Waals surface area contributed by atoms with Gasteiger partial charge >= 0.3 is 0 Å². The Morgan fingerprint density at radius 1 is 1.04 bits per heavy atom. The van der Waals surface area contributed by atoms with Crippen molar-refractivity contribution < 1.29 is 4.79 Å². The molecule has 3 N–H and O–H groups in total. The van der Waals surface area contributed by atoms with Crippen LogP contribution in [-0.2, 0) is 13.1 Å². The molecule has 0 radical (unpaired) electrons. The number of hydrogen-bond acceptors (Lipinski definition) is 3. The second-order valence-electron chi connectivity index (χ2n) is 5.70. The van der Waals surface area contributed by atoms with Crippen molar-refractivity contribution in [3.8, 4) is 0 Å². The van der Waals surface area contributed by atoms with Gasteiger partial charge in [-0.2, -0.15) is 0 Å². The van der Waals surface area contributed by atoms with Crippen molar-refractivity contribution in [2.75, 3.05) is 18.8 Å². The molecule has 0 aliphatic heterocycles. The van der Waals surface area contributed by atoms with Crippen molar-refractivity contribution in [2.24, 2.45) is 0 Å². The summed E-state index contributed by atoms with van der Waals surface area (Å²) in [5.41, 5.74) is 8.95. The van der Waals surface area contributed by atoms with Crippen LogP contribution in [0.1, 0.15) is 35.3 Å². The highest BCUT2D eigenvalue weighted by atomic mass is 35.5. The predicted octanol–water partition coefficient (Wildman–Crippen LogP) is 4.54. The Hall–Kier alpha value is -1.46. The van der Waals surface area contributed by atoms with Gasteiger partial charge in [-0.1, -0.05) is 49.7 Å². The van der Waals surface area contributed by atoms with Crippen LogP contribution in [0.25, 0.3) is 0 Å². The number of carbonyl (C=O) groups excluding carboxylic acids is 1. The molecule has 2 aromatic carbocycles. The van der Waals surface area contributed by atoms with E-state index >= 15 is 0 Å². The van der Waals surface area contributed by atoms with Crippen LogP contribution in [0.15, 0.2) is 42.5 Å². The molecule has 0 unspecified atom stereocenters. The van der Waals surface area contributed by atoms with E-state index < -0.39 is 0 Å². The molecule has 0 atom stereocenters. The molecule has 2 aromatic rings. The number of rotatable bonds is 7. The molecule has 0 saturated carbocycles. The fraction of sp³-hybridized carbons (Fsp3) is 0.316. The number of nitrogen functional groups attached to an aromatic ring is 1. The largest absolute Gasteiger partial charge is 0.399 e. The summed E-state index contributed by atoms with van der Waals surface area (Å²) in [5.74, 6) is -0.202. The Balaban J connectivity index is 0.00000312. The summed E-state index contributed by atoms with van der Waals surface area (Å²) in [6, 6.07) is 13.2. The smallest absolute Gasteiger partial charge is 0.253 e. The molecule has 144 valence electrons. The second kappa shape index (κ2) is 12.0. The van der Waals surface area contributed by atoms with E-state index in [4.69, 9.17) is 17.3 Å². The molecule has 0 aliphatic carbocycles. The van der Waals surface area contributed by atoms with Crippen molar-refractivity contribution >= 4 is 48.0 Å². The van der Waals surface area contributed by atoms with E-state index in [1.54, 1.807) is 18.2 Å². The van der Waals surface area contributed by atoms with E-state index in [1.165, 1.54) is 5.56 Å². The third-order valence-electron chi connectivity index (χ3n) is 4.01. The Morgan fingerprint density at radius 3 is 2.15 bits per heavy atom. The maximum Gasteiger partial charge on any atom is 0.253 e. The Kier molecular flexibility index (Phi) is 11.3. The first kappa shape index (κ1) is 24.5. The zero-order chi connectivity index (χ0) is 17.5. The second-order valence-corrected chi connectivity index (χ2v) is 6.11. The van der Waals surface area contributed by atoms with Gasteiger partial charge in [0.2, 0.25) is 0 Å². The molecule has 1 amide bonds. The summed E-state index contributed by atoms with van der Waals surface area (Å²) in [5, 5.41) is 3.25. The lowest BCUT2D eigenvalue weighted by molar-refractivity contribution is 0.0951. The summed E-state index contributed by atoms with van der Waals surface area (Å²) in [6.07, 6.45) is 0. The van der Waals surface area contributed by atoms with Crippen LogP contribution in [-0.4, -0.2) is 23.9 Å². The molecule has 0 aliphatic rings. The van der Waals surface area contributed by atoms with Crippen LogP contribution in [0.4, 0.5) is 5.69 Å². The quantitative estimate of drug-likeness (QED) is 0.649. The Morgan fingerprint density at radius 2 is 1.62 bits per heavy atom. The Bertz CT molecular complexity index is 689. The van der Waals surface area contributed by atoms with Gasteiger partial charge in [-0.25, -0.2) is 0 Å². The number of amides is 1. The summed E-state index contributed by atoms with van der Waals surface area (Å²) < 4.78 is 0. The van der Waals surface area contributed by atoms with E-state index in [2.05, 4.69) is 36.2 Å². The first-order chi connectivity index (χ1) is 11.5. The molecule has 0 bridgehead atoms. The molecule has 0 spiro atoms. The van der Waals surface area contributed by atoms with Crippen LogP contribution in [0, 0.1) is 0 Å². The van der Waals surface area contributed by atoms with Crippen molar-refractivity contribution in [1.29, 1.82) is 0 Å². The lowest BCUT2D eigenvalue weighted by atomic mass is 10.1. The van der Waals surface area contributed by atoms with Crippen molar-refractivity contribution in [1.82, 2.24) is 10.2 Å². The van der Waals surface area contributed by atoms with Crippen molar-refractivity contribution in [2.45, 2.75) is 26.9 Å². The molecular formula is C19H26Cl3N3O. The highest BCUT2D eigenvalue weighted by Gasteiger charge is 2.10. The molecule has 4 nitrogen and oxygen atoms in total. The maximum absolute atomic E-state index is 12.2. The van der Waals surface area contributed by atoms with Crippen LogP contribution < -0.4 is 11.1 Å². The topological polar surface area (TPSA) is 58.4 Å². The average molecular weight is 419 g/mol. The SMILES string of the molecule is CCN(CC)Cc1ccc(CNC(=O)c2ccc(N)cc2Cl)cc1.Cl.Cl. The van der Waals surface area contributed by atoms with Crippen LogP contribution in [0.3, 0.4) is 0 Å². The molecule has 0 fully saturated rings. The fourth-order valence-corrected chi connectivity index (χ4v) is 2.74. The molecule has 0 aromatic heterocycles. The van der Waals surface area contributed by atoms with E-state index in [-0.39, 0.29) is 30.7 Å². The standard InChI is InChI=1S/C19H24ClN3O.2ClH/c1-3-23(4-2)13-15-7-5-14(6-8-15)12-22-19(24)17-10-9-16(21)11-18(17)20;;/h5-11H,3-4,12-13,21H2,1-2H3,(H,22,24);2*1H. The van der Waals surface area contributed by atoms with E-state index in [0.717, 1.165) is 25.2 Å². The number of nitrogens with two attached hydrogens (primary N) is 1. The number of nitrogens with zero attached hydrogens (tertiary/aromatic N) is 1. The van der Waals surface area contributed by atoms with Crippen LogP contribution in [0.5, 0.6) is 0 Å². The molecule has 7 heteroatoms. The van der Waals surface area contributed by atoms with Gasteiger partial charge in [-0.15, -0.1) is 24.8 Å². The van der Waals surface area contributed by atoms with Crippen molar-refractivity contribution in [3.05, 3.63) is 64.2 Å². The number of carbonyl (C=O) groups is 1. The zero-order valence-corrected chi connectivity index (χ0v) is 17.4. The van der Waals surface area contributed by atoms with Crippen LogP contribution >= 0.6 is 36.4 Å². The number of nitrogens with one attached hydrogen (secondary N) is 1. The molecule has 26 heavy (non-hydrogen) atoms. The number of hydrogen-bond donors (Lipinski definition) is 2. The molecule has 2 rings (SSSR count). The lowest BCUT2D eigenvalue weighted by Gasteiger charge is -2.18. The minimum Gasteiger partial charge on any atom is -0.399 e. The van der Waals surface area contributed by atoms with Gasteiger partial charge < -0.3 is 11.1 Å². The predicted molar refractivity (Wildman–Crippen MR) is 115 cm³/mol. The van der Waals surface area contributed by atoms with Gasteiger partial charge in [0.25, 0.3) is 5.91 Å². The highest BCUT2D eigenvalue weighted by Crippen LogP contribution is 2.19. The normalized spacial score (nSPS) is 10.0. The van der Waals surface area contributed by atoms with Gasteiger partial charge in [-0.05, 0) is 42.4 Å². The van der Waals surface area contributed by atoms with Gasteiger partial charge in [-0.3, -0.25) is 9.69 Å². The Labute approximate surface area is 172 Å². The molecular weight excluding hydrogens is 393 g/mol. The highest BCUT2D eigenvalue weighted by molar-refractivity contribution is 6.34. The first-order valence-electron chi connectivity index (χ1n) is 8.16. The third kappa shape index (κ3) is 7.04. The zero-order valence-electron chi connectivity index (χ0n) is 15.0. The average Bonchev–Trinajstić information content (AvgIpc) is 2.58. The number of halogens is 3. The number of benzene rings is 2. The molecule has 0 heterocycles. The maximum atomic E-state index is 12.2. The fourth-order valence-electron chi connectivity index (χ4n) is 2.46. The van der Waals surface area contributed by atoms with E-state index in [9.17, 15) is 4.79 Å². The summed E-state index contributed by atoms with van der Waals surface area (Å²) in [6.45, 7) is 7.81. The van der Waals surface area contributed by atoms with E-state index in [1.807, 2.05) is 12.1 Å². The summed E-state index contributed by atoms with van der Waals surface area (Å²) in [4.78, 5) is 14.6. The summed E-state index contributed by atoms with van der Waals surface area (Å²) in [7, 11) is 0. The van der Waals surface area contributed by atoms with Gasteiger partial charge in [0.15, 0.2) is 0 Å². The van der Waals surface area contributed by atoms with Crippen LogP contribution in [0.2, 0.25) is 5.02 Å². The number of anilines is 1. The van der Waals surface area contributed by atoms with Gasteiger partial charge in [0.05, 0.1) is 10.6 Å². The van der Waals surface area contributed by atoms with Gasteiger partial charge in [0.1, 0.15) is 0 Å². The van der Waals surface area contributed by atoms with Crippen molar-refractivity contribution in [3.63, 3.8) is 0 Å². The van der Waals surface area contributed by atoms with Gasteiger partial charge in [0, 0.05) is 18.8 Å². The minimum atomic E-state index is -0.202. The lowest BCUT2D eigenvalue weighted by Crippen LogP contribution is -2.23. The summed E-state index contributed by atoms with van der Waals surface area (Å²) >= 11 is 6.06.